The molecule has 2 aromatic rings. The lowest BCUT2D eigenvalue weighted by atomic mass is 10.4. The number of halogens is 2. The molecule has 0 aliphatic heterocycles. The number of nitrogen functional groups attached to an aromatic ring is 1. The number of pyridine rings is 1. The summed E-state index contributed by atoms with van der Waals surface area (Å²) >= 11 is 1.05. The first-order chi connectivity index (χ1) is 10.1. The minimum Gasteiger partial charge on any atom is -0.381 e. The molecule has 8 heteroatoms. The first-order valence-corrected chi connectivity index (χ1v) is 7.69. The monoisotopic (exact) mass is 309 g/mol. The van der Waals surface area contributed by atoms with Crippen LogP contribution in [0.2, 0.25) is 0 Å². The molecule has 0 amide bonds. The zero-order valence-corrected chi connectivity index (χ0v) is 11.9. The van der Waals surface area contributed by atoms with E-state index in [4.69, 9.17) is 5.73 Å². The maximum atomic E-state index is 13.8. The van der Waals surface area contributed by atoms with Crippen molar-refractivity contribution in [3.63, 3.8) is 0 Å². The van der Waals surface area contributed by atoms with Crippen molar-refractivity contribution >= 4 is 17.6 Å². The third kappa shape index (κ3) is 2.37. The minimum atomic E-state index is -0.848. The molecule has 2 aromatic heterocycles. The first kappa shape index (κ1) is 13.0. The van der Waals surface area contributed by atoms with Gasteiger partial charge >= 0.3 is 0 Å². The fraction of sp³-hybridized carbons (Fsp3) is 0.462. The van der Waals surface area contributed by atoms with Gasteiger partial charge in [0, 0.05) is 18.0 Å². The van der Waals surface area contributed by atoms with E-state index in [1.807, 2.05) is 0 Å². The van der Waals surface area contributed by atoms with Crippen LogP contribution in [0, 0.1) is 11.6 Å². The van der Waals surface area contributed by atoms with E-state index in [2.05, 4.69) is 19.7 Å². The lowest BCUT2D eigenvalue weighted by Gasteiger charge is -2.08. The van der Waals surface area contributed by atoms with Gasteiger partial charge in [0.2, 0.25) is 0 Å². The molecule has 0 saturated heterocycles. The molecule has 4 rings (SSSR count). The maximum Gasteiger partial charge on any atom is 0.197 e. The predicted octanol–water partition coefficient (Wildman–Crippen LogP) is 2.90. The van der Waals surface area contributed by atoms with Gasteiger partial charge in [-0.3, -0.25) is 0 Å². The normalized spacial score (nSPS) is 18.2. The molecule has 5 nitrogen and oxygen atoms in total. The Hall–Kier alpha value is -1.70. The number of nitrogens with two attached hydrogens (primary N) is 1. The quantitative estimate of drug-likeness (QED) is 0.940. The lowest BCUT2D eigenvalue weighted by Crippen LogP contribution is -2.03. The largest absolute Gasteiger partial charge is 0.381 e. The van der Waals surface area contributed by atoms with E-state index in [9.17, 15) is 8.78 Å². The Morgan fingerprint density at radius 1 is 1.14 bits per heavy atom. The molecule has 0 bridgehead atoms. The van der Waals surface area contributed by atoms with Crippen molar-refractivity contribution in [2.75, 3.05) is 5.73 Å². The van der Waals surface area contributed by atoms with Gasteiger partial charge in [0.25, 0.3) is 0 Å². The molecule has 2 aliphatic rings. The van der Waals surface area contributed by atoms with Crippen molar-refractivity contribution < 1.29 is 8.78 Å². The van der Waals surface area contributed by atoms with Crippen LogP contribution in [0.25, 0.3) is 0 Å². The molecule has 2 fully saturated rings. The summed E-state index contributed by atoms with van der Waals surface area (Å²) in [5, 5.41) is 9.04. The van der Waals surface area contributed by atoms with Gasteiger partial charge in [-0.1, -0.05) is 0 Å². The van der Waals surface area contributed by atoms with E-state index in [1.165, 1.54) is 0 Å². The van der Waals surface area contributed by atoms with Crippen molar-refractivity contribution in [2.24, 2.45) is 0 Å². The average Bonchev–Trinajstić information content (AvgIpc) is 3.35. The zero-order valence-electron chi connectivity index (χ0n) is 11.1. The third-order valence-corrected chi connectivity index (χ3v) is 4.60. The van der Waals surface area contributed by atoms with Crippen LogP contribution < -0.4 is 5.73 Å². The summed E-state index contributed by atoms with van der Waals surface area (Å²) < 4.78 is 29.1. The maximum absolute atomic E-state index is 13.8. The summed E-state index contributed by atoms with van der Waals surface area (Å²) in [6.07, 6.45) is 4.44. The van der Waals surface area contributed by atoms with Crippen LogP contribution in [-0.2, 0) is 0 Å². The fourth-order valence-corrected chi connectivity index (χ4v) is 3.17. The molecular formula is C13H13F2N5S. The van der Waals surface area contributed by atoms with Crippen molar-refractivity contribution in [2.45, 2.75) is 47.8 Å². The Balaban J connectivity index is 1.70. The van der Waals surface area contributed by atoms with E-state index >= 15 is 0 Å². The molecular weight excluding hydrogens is 296 g/mol. The van der Waals surface area contributed by atoms with Crippen LogP contribution in [0.15, 0.2) is 16.2 Å². The second kappa shape index (κ2) is 4.66. The molecule has 0 aromatic carbocycles. The molecule has 0 radical (unpaired) electrons. The average molecular weight is 309 g/mol. The summed E-state index contributed by atoms with van der Waals surface area (Å²) in [5.74, 6) is -0.429. The van der Waals surface area contributed by atoms with Crippen LogP contribution in [0.3, 0.4) is 0 Å². The zero-order chi connectivity index (χ0) is 14.6. The number of aromatic nitrogens is 4. The van der Waals surface area contributed by atoms with Crippen LogP contribution in [0.1, 0.15) is 43.5 Å². The van der Waals surface area contributed by atoms with Gasteiger partial charge in [0.05, 0.1) is 0 Å². The SMILES string of the molecule is Nc1nc(Sc2nnc(C3CC3)n2C2CC2)c(F)cc1F. The minimum absolute atomic E-state index is 0.0329. The van der Waals surface area contributed by atoms with Crippen molar-refractivity contribution in [1.29, 1.82) is 0 Å². The summed E-state index contributed by atoms with van der Waals surface area (Å²) in [5.41, 5.74) is 5.41. The van der Waals surface area contributed by atoms with Gasteiger partial charge in [-0.25, -0.2) is 13.8 Å². The van der Waals surface area contributed by atoms with Crippen LogP contribution in [0.4, 0.5) is 14.6 Å². The highest BCUT2D eigenvalue weighted by Gasteiger charge is 2.36. The lowest BCUT2D eigenvalue weighted by molar-refractivity contribution is 0.551. The number of rotatable bonds is 4. The van der Waals surface area contributed by atoms with Crippen LogP contribution in [-0.4, -0.2) is 19.7 Å². The molecule has 2 saturated carbocycles. The topological polar surface area (TPSA) is 69.6 Å². The van der Waals surface area contributed by atoms with Gasteiger partial charge in [-0.05, 0) is 37.4 Å². The predicted molar refractivity (Wildman–Crippen MR) is 73.0 cm³/mol. The second-order valence-corrected chi connectivity index (χ2v) is 6.42. The summed E-state index contributed by atoms with van der Waals surface area (Å²) in [7, 11) is 0. The Morgan fingerprint density at radius 2 is 1.90 bits per heavy atom. The molecule has 2 heterocycles. The molecule has 2 N–H and O–H groups in total. The third-order valence-electron chi connectivity index (χ3n) is 3.66. The summed E-state index contributed by atoms with van der Waals surface area (Å²) in [6, 6.07) is 1.16. The molecule has 110 valence electrons. The first-order valence-electron chi connectivity index (χ1n) is 6.87. The second-order valence-electron chi connectivity index (χ2n) is 5.46. The highest BCUT2D eigenvalue weighted by Crippen LogP contribution is 2.46. The van der Waals surface area contributed by atoms with Crippen LogP contribution >= 0.6 is 11.8 Å². The Bertz CT molecular complexity index is 709. The van der Waals surface area contributed by atoms with E-state index in [1.54, 1.807) is 0 Å². The Morgan fingerprint density at radius 3 is 2.57 bits per heavy atom. The molecule has 21 heavy (non-hydrogen) atoms. The van der Waals surface area contributed by atoms with E-state index < -0.39 is 11.6 Å². The summed E-state index contributed by atoms with van der Waals surface area (Å²) in [4.78, 5) is 3.77. The van der Waals surface area contributed by atoms with E-state index in [-0.39, 0.29) is 10.8 Å². The van der Waals surface area contributed by atoms with Crippen LogP contribution in [0.5, 0.6) is 0 Å². The fourth-order valence-electron chi connectivity index (χ4n) is 2.27. The van der Waals surface area contributed by atoms with Crippen molar-refractivity contribution in [3.05, 3.63) is 23.5 Å². The van der Waals surface area contributed by atoms with Gasteiger partial charge in [0.1, 0.15) is 10.9 Å². The summed E-state index contributed by atoms with van der Waals surface area (Å²) in [6.45, 7) is 0. The van der Waals surface area contributed by atoms with Gasteiger partial charge in [0.15, 0.2) is 22.6 Å². The molecule has 2 aliphatic carbocycles. The smallest absolute Gasteiger partial charge is 0.197 e. The van der Waals surface area contributed by atoms with Gasteiger partial charge < -0.3 is 10.3 Å². The van der Waals surface area contributed by atoms with E-state index in [0.29, 0.717) is 17.1 Å². The van der Waals surface area contributed by atoms with Gasteiger partial charge in [-0.15, -0.1) is 10.2 Å². The molecule has 0 unspecified atom stereocenters. The number of anilines is 1. The highest BCUT2D eigenvalue weighted by atomic mass is 32.2. The number of hydrogen-bond donors (Lipinski definition) is 1. The van der Waals surface area contributed by atoms with E-state index in [0.717, 1.165) is 49.3 Å². The Kier molecular flexibility index (Phi) is 2.88. The number of nitrogens with zero attached hydrogens (tertiary/aromatic N) is 4. The molecule has 0 spiro atoms. The molecule has 0 atom stereocenters. The standard InChI is InChI=1S/C13H13F2N5S/c14-8-5-9(15)12(17-10(8)16)21-13-19-18-11(6-1-2-6)20(13)7-3-4-7/h5-7H,1-4H2,(H2,16,17). The van der Waals surface area contributed by atoms with Gasteiger partial charge in [-0.2, -0.15) is 0 Å². The van der Waals surface area contributed by atoms with Crippen molar-refractivity contribution in [3.8, 4) is 0 Å². The van der Waals surface area contributed by atoms with Crippen molar-refractivity contribution in [1.82, 2.24) is 19.7 Å². The highest BCUT2D eigenvalue weighted by molar-refractivity contribution is 7.99. The Labute approximate surface area is 124 Å². The number of hydrogen-bond acceptors (Lipinski definition) is 5.